The molecule has 3 heterocycles. The summed E-state index contributed by atoms with van der Waals surface area (Å²) < 4.78 is 34.4. The fourth-order valence-electron chi connectivity index (χ4n) is 5.05. The van der Waals surface area contributed by atoms with E-state index in [0.29, 0.717) is 57.2 Å². The van der Waals surface area contributed by atoms with Crippen molar-refractivity contribution < 1.29 is 17.9 Å². The van der Waals surface area contributed by atoms with Gasteiger partial charge in [0.05, 0.1) is 22.2 Å². The Bertz CT molecular complexity index is 1350. The monoisotopic (exact) mass is 528 g/mol. The first-order valence-electron chi connectivity index (χ1n) is 12.4. The Morgan fingerprint density at radius 2 is 1.78 bits per heavy atom. The average molecular weight is 529 g/mol. The van der Waals surface area contributed by atoms with Crippen LogP contribution in [0.25, 0.3) is 10.2 Å². The molecule has 36 heavy (non-hydrogen) atoms. The lowest BCUT2D eigenvalue weighted by Gasteiger charge is -2.37. The molecule has 1 unspecified atom stereocenters. The summed E-state index contributed by atoms with van der Waals surface area (Å²) in [5.74, 6) is 0.895. The number of carbonyl (C=O) groups is 1. The largest absolute Gasteiger partial charge is 0.497 e. The van der Waals surface area contributed by atoms with Crippen LogP contribution >= 0.6 is 11.3 Å². The van der Waals surface area contributed by atoms with Gasteiger partial charge in [0.2, 0.25) is 15.9 Å². The lowest BCUT2D eigenvalue weighted by molar-refractivity contribution is -0.134. The second-order valence-corrected chi connectivity index (χ2v) is 12.5. The van der Waals surface area contributed by atoms with Crippen LogP contribution in [0, 0.1) is 0 Å². The van der Waals surface area contributed by atoms with E-state index in [1.54, 1.807) is 23.5 Å². The highest BCUT2D eigenvalue weighted by atomic mass is 32.2. The second kappa shape index (κ2) is 9.99. The summed E-state index contributed by atoms with van der Waals surface area (Å²) in [4.78, 5) is 22.6. The smallest absolute Gasteiger partial charge is 0.243 e. The van der Waals surface area contributed by atoms with Gasteiger partial charge in [0.15, 0.2) is 5.13 Å². The molecule has 1 atom stereocenters. The van der Waals surface area contributed by atoms with E-state index >= 15 is 0 Å². The number of fused-ring (bicyclic) bond motifs is 1. The normalized spacial score (nSPS) is 19.4. The molecular weight excluding hydrogens is 496 g/mol. The van der Waals surface area contributed by atoms with Gasteiger partial charge in [-0.25, -0.2) is 13.4 Å². The zero-order chi connectivity index (χ0) is 25.4. The predicted octanol–water partition coefficient (Wildman–Crippen LogP) is 3.93. The number of benzene rings is 2. The Morgan fingerprint density at radius 1 is 1.06 bits per heavy atom. The van der Waals surface area contributed by atoms with Crippen LogP contribution in [0.3, 0.4) is 0 Å². The number of hydrogen-bond acceptors (Lipinski definition) is 7. The maximum absolute atomic E-state index is 13.5. The molecule has 8 nitrogen and oxygen atoms in total. The quantitative estimate of drug-likeness (QED) is 0.482. The van der Waals surface area contributed by atoms with E-state index in [1.807, 2.05) is 4.90 Å². The van der Waals surface area contributed by atoms with Gasteiger partial charge in [-0.2, -0.15) is 4.31 Å². The fourth-order valence-corrected chi connectivity index (χ4v) is 7.75. The number of methoxy groups -OCH3 is 1. The number of sulfonamides is 1. The minimum Gasteiger partial charge on any atom is -0.497 e. The Labute approximate surface area is 216 Å². The van der Waals surface area contributed by atoms with Gasteiger partial charge in [0.1, 0.15) is 11.8 Å². The van der Waals surface area contributed by atoms with Gasteiger partial charge in [-0.05, 0) is 54.7 Å². The molecule has 0 saturated carbocycles. The van der Waals surface area contributed by atoms with Crippen LogP contribution in [0.15, 0.2) is 47.4 Å². The summed E-state index contributed by atoms with van der Waals surface area (Å²) in [6.07, 6.45) is 1.22. The summed E-state index contributed by atoms with van der Waals surface area (Å²) in [5.41, 5.74) is 2.32. The molecule has 1 amide bonds. The Morgan fingerprint density at radius 3 is 2.44 bits per heavy atom. The number of nitrogens with zero attached hydrogens (tertiary/aromatic N) is 4. The summed E-state index contributed by atoms with van der Waals surface area (Å²) in [6, 6.07) is 12.0. The van der Waals surface area contributed by atoms with E-state index in [0.717, 1.165) is 10.6 Å². The number of amides is 1. The average Bonchev–Trinajstić information content (AvgIpc) is 3.56. The molecule has 0 N–H and O–H groups in total. The van der Waals surface area contributed by atoms with Gasteiger partial charge in [-0.1, -0.05) is 37.3 Å². The lowest BCUT2D eigenvalue weighted by atomic mass is 10.0. The maximum Gasteiger partial charge on any atom is 0.243 e. The molecule has 2 aliphatic rings. The predicted molar refractivity (Wildman–Crippen MR) is 142 cm³/mol. The molecule has 2 saturated heterocycles. The number of anilines is 1. The van der Waals surface area contributed by atoms with Crippen molar-refractivity contribution in [1.82, 2.24) is 14.2 Å². The second-order valence-electron chi connectivity index (χ2n) is 9.61. The summed E-state index contributed by atoms with van der Waals surface area (Å²) in [5, 5.41) is 0.981. The van der Waals surface area contributed by atoms with Crippen LogP contribution in [0.5, 0.6) is 5.75 Å². The SMILES string of the molecule is COc1ccc(S(=O)(=O)N2CCCC2C(=O)N2CCN(c3nc4c(C(C)C)cccc4s3)CC2)cc1. The highest BCUT2D eigenvalue weighted by molar-refractivity contribution is 7.89. The molecule has 2 aliphatic heterocycles. The van der Waals surface area contributed by atoms with Crippen molar-refractivity contribution in [1.29, 1.82) is 0 Å². The van der Waals surface area contributed by atoms with Crippen LogP contribution in [0.1, 0.15) is 38.2 Å². The third-order valence-corrected chi connectivity index (χ3v) is 10.1. The van der Waals surface area contributed by atoms with E-state index in [4.69, 9.17) is 9.72 Å². The van der Waals surface area contributed by atoms with Gasteiger partial charge >= 0.3 is 0 Å². The van der Waals surface area contributed by atoms with E-state index in [1.165, 1.54) is 33.8 Å². The van der Waals surface area contributed by atoms with E-state index in [-0.39, 0.29) is 10.8 Å². The molecule has 0 radical (unpaired) electrons. The van der Waals surface area contributed by atoms with Gasteiger partial charge in [0.25, 0.3) is 0 Å². The summed E-state index contributed by atoms with van der Waals surface area (Å²) in [6.45, 7) is 7.19. The van der Waals surface area contributed by atoms with Crippen molar-refractivity contribution in [3.05, 3.63) is 48.0 Å². The molecule has 3 aromatic rings. The molecule has 2 aromatic carbocycles. The van der Waals surface area contributed by atoms with Gasteiger partial charge in [0, 0.05) is 32.7 Å². The fraction of sp³-hybridized carbons (Fsp3) is 0.462. The Balaban J connectivity index is 1.27. The molecule has 2 fully saturated rings. The van der Waals surface area contributed by atoms with Crippen LogP contribution in [0.4, 0.5) is 5.13 Å². The number of carbonyl (C=O) groups excluding carboxylic acids is 1. The third kappa shape index (κ3) is 4.57. The number of hydrogen-bond donors (Lipinski definition) is 0. The van der Waals surface area contributed by atoms with E-state index in [9.17, 15) is 13.2 Å². The first-order chi connectivity index (χ1) is 17.3. The minimum absolute atomic E-state index is 0.101. The number of ether oxygens (including phenoxy) is 1. The van der Waals surface area contributed by atoms with Crippen molar-refractivity contribution in [3.63, 3.8) is 0 Å². The zero-order valence-corrected chi connectivity index (χ0v) is 22.5. The Hall–Kier alpha value is -2.69. The molecule has 0 spiro atoms. The van der Waals surface area contributed by atoms with Crippen molar-refractivity contribution in [3.8, 4) is 5.75 Å². The van der Waals surface area contributed by atoms with Gasteiger partial charge in [-0.15, -0.1) is 0 Å². The summed E-state index contributed by atoms with van der Waals surface area (Å²) in [7, 11) is -2.22. The van der Waals surface area contributed by atoms with Crippen LogP contribution < -0.4 is 9.64 Å². The molecular formula is C26H32N4O4S2. The molecule has 1 aromatic heterocycles. The molecule has 0 aliphatic carbocycles. The number of thiazole rings is 1. The molecule has 192 valence electrons. The van der Waals surface area contributed by atoms with Crippen LogP contribution in [-0.2, 0) is 14.8 Å². The van der Waals surface area contributed by atoms with Gasteiger partial charge < -0.3 is 14.5 Å². The number of piperazine rings is 1. The maximum atomic E-state index is 13.5. The summed E-state index contributed by atoms with van der Waals surface area (Å²) >= 11 is 1.69. The first-order valence-corrected chi connectivity index (χ1v) is 14.6. The number of para-hydroxylation sites is 1. The minimum atomic E-state index is -3.76. The first kappa shape index (κ1) is 25.0. The van der Waals surface area contributed by atoms with Crippen molar-refractivity contribution in [2.75, 3.05) is 44.7 Å². The third-order valence-electron chi connectivity index (χ3n) is 7.08. The highest BCUT2D eigenvalue weighted by Gasteiger charge is 2.41. The highest BCUT2D eigenvalue weighted by Crippen LogP contribution is 2.34. The van der Waals surface area contributed by atoms with Crippen LogP contribution in [-0.4, -0.2) is 74.4 Å². The topological polar surface area (TPSA) is 83.0 Å². The van der Waals surface area contributed by atoms with Crippen molar-refractivity contribution in [2.45, 2.75) is 43.5 Å². The van der Waals surface area contributed by atoms with Crippen LogP contribution in [0.2, 0.25) is 0 Å². The van der Waals surface area contributed by atoms with Gasteiger partial charge in [-0.3, -0.25) is 4.79 Å². The standard InChI is InChI=1S/C26H32N4O4S2/c1-18(2)21-6-4-8-23-24(21)27-26(35-23)29-16-14-28(15-17-29)25(31)22-7-5-13-30(22)36(32,33)20-11-9-19(34-3)10-12-20/h4,6,8-12,18,22H,5,7,13-17H2,1-3H3. The Kier molecular flexibility index (Phi) is 6.93. The molecule has 0 bridgehead atoms. The van der Waals surface area contributed by atoms with E-state index < -0.39 is 16.1 Å². The lowest BCUT2D eigenvalue weighted by Crippen LogP contribution is -2.54. The van der Waals surface area contributed by atoms with Crippen molar-refractivity contribution >= 4 is 42.6 Å². The van der Waals surface area contributed by atoms with E-state index in [2.05, 4.69) is 36.9 Å². The number of rotatable bonds is 6. The van der Waals surface area contributed by atoms with Crippen molar-refractivity contribution in [2.24, 2.45) is 0 Å². The molecule has 10 heteroatoms. The number of aromatic nitrogens is 1. The molecule has 5 rings (SSSR count). The zero-order valence-electron chi connectivity index (χ0n) is 20.9.